The van der Waals surface area contributed by atoms with Crippen LogP contribution in [-0.4, -0.2) is 23.5 Å². The van der Waals surface area contributed by atoms with Crippen molar-refractivity contribution in [2.24, 2.45) is 0 Å². The van der Waals surface area contributed by atoms with Crippen molar-refractivity contribution < 1.29 is 14.7 Å². The molecule has 6 nitrogen and oxygen atoms in total. The fourth-order valence-electron chi connectivity index (χ4n) is 3.04. The van der Waals surface area contributed by atoms with Crippen LogP contribution in [-0.2, 0) is 0 Å². The number of nitrogens with one attached hydrogen (secondary N) is 2. The van der Waals surface area contributed by atoms with Crippen LogP contribution >= 0.6 is 0 Å². The van der Waals surface area contributed by atoms with Crippen molar-refractivity contribution in [1.29, 1.82) is 0 Å². The van der Waals surface area contributed by atoms with Crippen LogP contribution in [0.1, 0.15) is 51.6 Å². The van der Waals surface area contributed by atoms with Gasteiger partial charge in [-0.05, 0) is 61.0 Å². The number of carbonyl (C=O) groups excluding carboxylic acids is 1. The van der Waals surface area contributed by atoms with Crippen molar-refractivity contribution in [1.82, 2.24) is 0 Å². The molecule has 0 aliphatic heterocycles. The second-order valence-corrected chi connectivity index (χ2v) is 7.22. The summed E-state index contributed by atoms with van der Waals surface area (Å²) in [7, 11) is 0. The molecule has 3 aromatic rings. The van der Waals surface area contributed by atoms with Crippen molar-refractivity contribution >= 4 is 28.9 Å². The minimum atomic E-state index is -1.11. The lowest BCUT2D eigenvalue weighted by Crippen LogP contribution is -2.17. The molecular weight excluding hydrogens is 402 g/mol. The van der Waals surface area contributed by atoms with Gasteiger partial charge < -0.3 is 21.5 Å². The lowest BCUT2D eigenvalue weighted by Gasteiger charge is -2.14. The minimum Gasteiger partial charge on any atom is -0.478 e. The monoisotopic (exact) mass is 427 g/mol. The molecule has 0 spiro atoms. The number of unbranched alkanes of at least 4 members (excludes halogenated alkanes) is 1. The molecule has 0 aliphatic carbocycles. The van der Waals surface area contributed by atoms with Gasteiger partial charge in [-0.1, -0.05) is 37.3 Å². The lowest BCUT2D eigenvalue weighted by molar-refractivity contribution is 0.0698. The number of aromatic carboxylic acids is 1. The number of nitrogen functional groups attached to an aromatic ring is 1. The van der Waals surface area contributed by atoms with Crippen LogP contribution in [0.25, 0.3) is 0 Å². The molecule has 0 aliphatic rings. The topological polar surface area (TPSA) is 104 Å². The SMILES string of the molecule is CCCCNc1ccc(C#Cc2ccc(N)cc2)cc1C(=O)Nc1ccccc1C(=O)O. The van der Waals surface area contributed by atoms with Crippen LogP contribution in [0.5, 0.6) is 0 Å². The fourth-order valence-corrected chi connectivity index (χ4v) is 3.04. The number of rotatable bonds is 7. The van der Waals surface area contributed by atoms with Gasteiger partial charge in [-0.2, -0.15) is 0 Å². The van der Waals surface area contributed by atoms with Gasteiger partial charge in [0.15, 0.2) is 0 Å². The van der Waals surface area contributed by atoms with E-state index in [0.29, 0.717) is 22.5 Å². The summed E-state index contributed by atoms with van der Waals surface area (Å²) in [5.74, 6) is 4.62. The van der Waals surface area contributed by atoms with E-state index < -0.39 is 11.9 Å². The van der Waals surface area contributed by atoms with Crippen LogP contribution in [0.15, 0.2) is 66.7 Å². The van der Waals surface area contributed by atoms with E-state index in [2.05, 4.69) is 29.4 Å². The Morgan fingerprint density at radius 2 is 1.59 bits per heavy atom. The summed E-state index contributed by atoms with van der Waals surface area (Å²) in [4.78, 5) is 24.6. The third kappa shape index (κ3) is 5.89. The predicted molar refractivity (Wildman–Crippen MR) is 128 cm³/mol. The molecule has 0 aromatic heterocycles. The van der Waals surface area contributed by atoms with E-state index in [4.69, 9.17) is 5.73 Å². The highest BCUT2D eigenvalue weighted by atomic mass is 16.4. The molecule has 3 rings (SSSR count). The standard InChI is InChI=1S/C26H25N3O3/c1-2-3-16-28-23-15-12-19(9-8-18-10-13-20(27)14-11-18)17-22(23)25(30)29-24-7-5-4-6-21(24)26(31)32/h4-7,10-15,17,28H,2-3,16,27H2,1H3,(H,29,30)(H,31,32). The number of amides is 1. The van der Waals surface area contributed by atoms with Crippen molar-refractivity contribution in [2.75, 3.05) is 22.9 Å². The van der Waals surface area contributed by atoms with Crippen molar-refractivity contribution in [2.45, 2.75) is 19.8 Å². The zero-order valence-corrected chi connectivity index (χ0v) is 17.8. The number of carboxylic acids is 1. The number of benzene rings is 3. The van der Waals surface area contributed by atoms with E-state index in [1.54, 1.807) is 36.4 Å². The summed E-state index contributed by atoms with van der Waals surface area (Å²) in [6.07, 6.45) is 1.98. The van der Waals surface area contributed by atoms with E-state index in [1.165, 1.54) is 6.07 Å². The Kier molecular flexibility index (Phi) is 7.50. The Bertz CT molecular complexity index is 1170. The van der Waals surface area contributed by atoms with Crippen LogP contribution in [0.3, 0.4) is 0 Å². The molecule has 0 saturated carbocycles. The molecule has 0 bridgehead atoms. The van der Waals surface area contributed by atoms with Gasteiger partial charge in [-0.25, -0.2) is 4.79 Å². The Labute approximate surface area is 187 Å². The maximum absolute atomic E-state index is 13.1. The van der Waals surface area contributed by atoms with Crippen molar-refractivity contribution in [3.8, 4) is 11.8 Å². The van der Waals surface area contributed by atoms with Gasteiger partial charge in [0.25, 0.3) is 5.91 Å². The summed E-state index contributed by atoms with van der Waals surface area (Å²) in [6.45, 7) is 2.81. The molecule has 1 amide bonds. The highest BCUT2D eigenvalue weighted by Crippen LogP contribution is 2.22. The highest BCUT2D eigenvalue weighted by Gasteiger charge is 2.16. The van der Waals surface area contributed by atoms with Crippen LogP contribution in [0.4, 0.5) is 17.1 Å². The number of carboxylic acid groups (broad SMARTS) is 1. The quantitative estimate of drug-likeness (QED) is 0.246. The first kappa shape index (κ1) is 22.4. The molecule has 0 saturated heterocycles. The van der Waals surface area contributed by atoms with Gasteiger partial charge in [-0.15, -0.1) is 0 Å². The first-order chi connectivity index (χ1) is 15.5. The Morgan fingerprint density at radius 3 is 2.31 bits per heavy atom. The average Bonchev–Trinajstić information content (AvgIpc) is 2.79. The van der Waals surface area contributed by atoms with Crippen molar-refractivity contribution in [3.63, 3.8) is 0 Å². The second kappa shape index (κ2) is 10.7. The third-order valence-corrected chi connectivity index (χ3v) is 4.78. The normalized spacial score (nSPS) is 10.0. The largest absolute Gasteiger partial charge is 0.478 e. The lowest BCUT2D eigenvalue weighted by atomic mass is 10.1. The maximum Gasteiger partial charge on any atom is 0.337 e. The van der Waals surface area contributed by atoms with Crippen LogP contribution < -0.4 is 16.4 Å². The molecule has 0 unspecified atom stereocenters. The van der Waals surface area contributed by atoms with Gasteiger partial charge in [-0.3, -0.25) is 4.79 Å². The summed E-state index contributed by atoms with van der Waals surface area (Å²) in [5.41, 5.74) is 9.18. The highest BCUT2D eigenvalue weighted by molar-refractivity contribution is 6.10. The number of nitrogens with two attached hydrogens (primary N) is 1. The first-order valence-electron chi connectivity index (χ1n) is 10.4. The Balaban J connectivity index is 1.92. The summed E-state index contributed by atoms with van der Waals surface area (Å²) >= 11 is 0. The van der Waals surface area contributed by atoms with E-state index >= 15 is 0 Å². The fraction of sp³-hybridized carbons (Fsp3) is 0.154. The minimum absolute atomic E-state index is 0.0284. The predicted octanol–water partition coefficient (Wildman–Crippen LogP) is 4.83. The number of carbonyl (C=O) groups is 2. The zero-order valence-electron chi connectivity index (χ0n) is 17.8. The van der Waals surface area contributed by atoms with E-state index in [1.807, 2.05) is 24.3 Å². The molecular formula is C26H25N3O3. The maximum atomic E-state index is 13.1. The second-order valence-electron chi connectivity index (χ2n) is 7.22. The average molecular weight is 428 g/mol. The Morgan fingerprint density at radius 1 is 0.906 bits per heavy atom. The molecule has 3 aromatic carbocycles. The third-order valence-electron chi connectivity index (χ3n) is 4.78. The van der Waals surface area contributed by atoms with Crippen LogP contribution in [0, 0.1) is 11.8 Å². The van der Waals surface area contributed by atoms with Crippen molar-refractivity contribution in [3.05, 3.63) is 89.0 Å². The Hall–Kier alpha value is -4.24. The van der Waals surface area contributed by atoms with E-state index in [-0.39, 0.29) is 11.3 Å². The molecule has 0 radical (unpaired) electrons. The smallest absolute Gasteiger partial charge is 0.337 e. The zero-order chi connectivity index (χ0) is 22.9. The molecule has 0 atom stereocenters. The molecule has 0 fully saturated rings. The van der Waals surface area contributed by atoms with Gasteiger partial charge >= 0.3 is 5.97 Å². The number of para-hydroxylation sites is 1. The molecule has 32 heavy (non-hydrogen) atoms. The molecule has 0 heterocycles. The summed E-state index contributed by atoms with van der Waals surface area (Å²) in [5, 5.41) is 15.4. The summed E-state index contributed by atoms with van der Waals surface area (Å²) < 4.78 is 0. The molecule has 6 heteroatoms. The first-order valence-corrected chi connectivity index (χ1v) is 10.4. The van der Waals surface area contributed by atoms with Gasteiger partial charge in [0, 0.05) is 29.0 Å². The number of anilines is 3. The van der Waals surface area contributed by atoms with Gasteiger partial charge in [0.1, 0.15) is 0 Å². The van der Waals surface area contributed by atoms with E-state index in [0.717, 1.165) is 24.9 Å². The summed E-state index contributed by atoms with van der Waals surface area (Å²) in [6, 6.07) is 18.9. The van der Waals surface area contributed by atoms with E-state index in [9.17, 15) is 14.7 Å². The number of hydrogen-bond donors (Lipinski definition) is 4. The van der Waals surface area contributed by atoms with Gasteiger partial charge in [0.05, 0.1) is 16.8 Å². The van der Waals surface area contributed by atoms with Crippen LogP contribution in [0.2, 0.25) is 0 Å². The number of hydrogen-bond acceptors (Lipinski definition) is 4. The molecule has 162 valence electrons. The molecule has 5 N–H and O–H groups in total. The van der Waals surface area contributed by atoms with Gasteiger partial charge in [0.2, 0.25) is 0 Å².